The summed E-state index contributed by atoms with van der Waals surface area (Å²) in [5.74, 6) is 1.26. The van der Waals surface area contributed by atoms with Crippen LogP contribution < -0.4 is 4.18 Å². The first-order valence-corrected chi connectivity index (χ1v) is 11.4. The lowest BCUT2D eigenvalue weighted by Gasteiger charge is -2.26. The third-order valence-electron chi connectivity index (χ3n) is 5.56. The first kappa shape index (κ1) is 19.9. The highest BCUT2D eigenvalue weighted by molar-refractivity contribution is 7.87. The van der Waals surface area contributed by atoms with Gasteiger partial charge in [0.15, 0.2) is 5.75 Å². The lowest BCUT2D eigenvalue weighted by Crippen LogP contribution is -2.36. The van der Waals surface area contributed by atoms with Crippen LogP contribution in [0.3, 0.4) is 0 Å². The van der Waals surface area contributed by atoms with Crippen molar-refractivity contribution in [2.45, 2.75) is 23.9 Å². The van der Waals surface area contributed by atoms with E-state index in [4.69, 9.17) is 20.5 Å². The van der Waals surface area contributed by atoms with Gasteiger partial charge in [-0.05, 0) is 66.7 Å². The van der Waals surface area contributed by atoms with E-state index in [9.17, 15) is 13.5 Å². The maximum atomic E-state index is 13.1. The topological polar surface area (TPSA) is 72.8 Å². The SMILES string of the molecule is O=S(=O)(Oc1ccccc1Cl)C1C[C@@H]2O[C@H]1C(c1ccc(O)cc1)=C2[C]1[CH][CH][CH][CH]1. The second-order valence-corrected chi connectivity index (χ2v) is 9.54. The summed E-state index contributed by atoms with van der Waals surface area (Å²) >= 11 is 6.09. The van der Waals surface area contributed by atoms with Crippen molar-refractivity contribution < 1.29 is 22.4 Å². The maximum Gasteiger partial charge on any atom is 0.315 e. The Morgan fingerprint density at radius 2 is 1.70 bits per heavy atom. The van der Waals surface area contributed by atoms with Crippen molar-refractivity contribution in [2.24, 2.45) is 0 Å². The molecule has 0 spiro atoms. The van der Waals surface area contributed by atoms with Crippen molar-refractivity contribution in [2.75, 3.05) is 0 Å². The highest BCUT2D eigenvalue weighted by Crippen LogP contribution is 2.52. The fourth-order valence-electron chi connectivity index (χ4n) is 4.25. The fourth-order valence-corrected chi connectivity index (χ4v) is 5.90. The van der Waals surface area contributed by atoms with E-state index in [0.29, 0.717) is 6.42 Å². The molecule has 2 heterocycles. The van der Waals surface area contributed by atoms with E-state index in [-0.39, 0.29) is 22.6 Å². The summed E-state index contributed by atoms with van der Waals surface area (Å²) in [6.45, 7) is 0. The van der Waals surface area contributed by atoms with Gasteiger partial charge in [-0.3, -0.25) is 0 Å². The minimum atomic E-state index is -4.00. The zero-order valence-corrected chi connectivity index (χ0v) is 17.3. The van der Waals surface area contributed by atoms with Crippen LogP contribution in [-0.4, -0.2) is 31.0 Å². The second kappa shape index (κ2) is 7.59. The van der Waals surface area contributed by atoms with Crippen molar-refractivity contribution in [1.29, 1.82) is 0 Å². The molecule has 2 aromatic carbocycles. The predicted molar refractivity (Wildman–Crippen MR) is 114 cm³/mol. The van der Waals surface area contributed by atoms with Crippen LogP contribution in [-0.2, 0) is 14.9 Å². The van der Waals surface area contributed by atoms with Gasteiger partial charge in [0.1, 0.15) is 17.1 Å². The molecular weight excluding hydrogens is 424 g/mol. The number of ether oxygens (including phenoxy) is 1. The Bertz CT molecular complexity index is 1090. The smallest absolute Gasteiger partial charge is 0.315 e. The molecule has 0 aromatic heterocycles. The number of halogens is 1. The lowest BCUT2D eigenvalue weighted by molar-refractivity contribution is 0.119. The molecule has 7 heteroatoms. The van der Waals surface area contributed by atoms with Gasteiger partial charge in [0.05, 0.1) is 11.1 Å². The third-order valence-corrected chi connectivity index (χ3v) is 7.46. The lowest BCUT2D eigenvalue weighted by atomic mass is 9.80. The van der Waals surface area contributed by atoms with Crippen LogP contribution in [0.15, 0.2) is 54.1 Å². The maximum absolute atomic E-state index is 13.1. The summed E-state index contributed by atoms with van der Waals surface area (Å²) in [6, 6.07) is 13.2. The van der Waals surface area contributed by atoms with E-state index < -0.39 is 21.5 Å². The Morgan fingerprint density at radius 1 is 1.00 bits per heavy atom. The molecule has 1 saturated heterocycles. The third kappa shape index (κ3) is 3.41. The standard InChI is InChI=1S/C23H18ClO5S/c24-17-7-3-4-8-18(17)29-30(26,27)20-13-19-21(14-5-1-2-6-14)22(23(20)28-19)15-9-11-16(25)12-10-15/h1-12,19-20,23,25H,13H2/t19-,20?,23+/m0/s1. The molecule has 153 valence electrons. The molecule has 2 bridgehead atoms. The summed E-state index contributed by atoms with van der Waals surface area (Å²) in [6.07, 6.45) is 7.15. The van der Waals surface area contributed by atoms with Crippen LogP contribution in [0.5, 0.6) is 11.5 Å². The van der Waals surface area contributed by atoms with Gasteiger partial charge in [0.25, 0.3) is 0 Å². The minimum Gasteiger partial charge on any atom is -0.508 e. The Hall–Kier alpha value is -2.02. The predicted octanol–water partition coefficient (Wildman–Crippen LogP) is 4.15. The van der Waals surface area contributed by atoms with Gasteiger partial charge in [0, 0.05) is 12.3 Å². The van der Waals surface area contributed by atoms with E-state index >= 15 is 0 Å². The summed E-state index contributed by atoms with van der Waals surface area (Å²) < 4.78 is 37.8. The monoisotopic (exact) mass is 441 g/mol. The van der Waals surface area contributed by atoms with Crippen LogP contribution in [0.2, 0.25) is 5.02 Å². The van der Waals surface area contributed by atoms with E-state index in [1.54, 1.807) is 42.5 Å². The first-order chi connectivity index (χ1) is 14.4. The molecule has 5 nitrogen and oxygen atoms in total. The molecule has 2 aromatic rings. The molecule has 1 unspecified atom stereocenters. The second-order valence-electron chi connectivity index (χ2n) is 7.37. The van der Waals surface area contributed by atoms with Gasteiger partial charge >= 0.3 is 10.1 Å². The number of aromatic hydroxyl groups is 1. The van der Waals surface area contributed by atoms with Gasteiger partial charge in [-0.25, -0.2) is 0 Å². The van der Waals surface area contributed by atoms with Gasteiger partial charge in [-0.1, -0.05) is 35.9 Å². The summed E-state index contributed by atoms with van der Waals surface area (Å²) in [4.78, 5) is 0. The number of hydrogen-bond donors (Lipinski definition) is 1. The van der Waals surface area contributed by atoms with Crippen molar-refractivity contribution in [3.8, 4) is 11.5 Å². The van der Waals surface area contributed by atoms with Crippen LogP contribution in [0.25, 0.3) is 5.57 Å². The molecule has 30 heavy (non-hydrogen) atoms. The minimum absolute atomic E-state index is 0.105. The van der Waals surface area contributed by atoms with Crippen LogP contribution in [0, 0.1) is 31.6 Å². The average Bonchev–Trinajstić information content (AvgIpc) is 3.46. The number of phenols is 1. The molecule has 0 amide bonds. The zero-order chi connectivity index (χ0) is 20.9. The highest BCUT2D eigenvalue weighted by Gasteiger charge is 2.55. The number of phenolic OH excluding ortho intramolecular Hbond substituents is 1. The Labute approximate surface area is 181 Å². The Balaban J connectivity index is 1.52. The van der Waals surface area contributed by atoms with E-state index in [0.717, 1.165) is 22.6 Å². The van der Waals surface area contributed by atoms with E-state index in [2.05, 4.69) is 0 Å². The van der Waals surface area contributed by atoms with Gasteiger partial charge < -0.3 is 14.0 Å². The number of hydrogen-bond acceptors (Lipinski definition) is 5. The average molecular weight is 442 g/mol. The largest absolute Gasteiger partial charge is 0.508 e. The molecule has 1 aliphatic carbocycles. The molecule has 2 aliphatic heterocycles. The van der Waals surface area contributed by atoms with Crippen LogP contribution in [0.4, 0.5) is 0 Å². The number of fused-ring (bicyclic) bond motifs is 2. The molecule has 3 atom stereocenters. The molecule has 2 fully saturated rings. The Kier molecular flexibility index (Phi) is 5.04. The summed E-state index contributed by atoms with van der Waals surface area (Å²) in [7, 11) is -4.00. The van der Waals surface area contributed by atoms with Crippen molar-refractivity contribution in [1.82, 2.24) is 0 Å². The molecule has 1 N–H and O–H groups in total. The van der Waals surface area contributed by atoms with E-state index in [1.165, 1.54) is 6.07 Å². The van der Waals surface area contributed by atoms with Gasteiger partial charge in [0.2, 0.25) is 0 Å². The number of rotatable bonds is 5. The summed E-state index contributed by atoms with van der Waals surface area (Å²) in [5.41, 5.74) is 2.61. The molecule has 5 rings (SSSR count). The fraction of sp³-hybridized carbons (Fsp3) is 0.174. The van der Waals surface area contributed by atoms with Crippen LogP contribution in [0.1, 0.15) is 12.0 Å². The normalized spacial score (nSPS) is 26.5. The number of para-hydroxylation sites is 1. The van der Waals surface area contributed by atoms with Gasteiger partial charge in [-0.2, -0.15) is 8.42 Å². The quantitative estimate of drug-likeness (QED) is 0.705. The van der Waals surface area contributed by atoms with E-state index in [1.807, 2.05) is 25.7 Å². The van der Waals surface area contributed by atoms with Crippen LogP contribution >= 0.6 is 11.6 Å². The molecule has 5 radical (unpaired) electrons. The highest BCUT2D eigenvalue weighted by atomic mass is 35.5. The van der Waals surface area contributed by atoms with Crippen molar-refractivity contribution >= 4 is 27.3 Å². The number of benzene rings is 2. The molecule has 1 saturated carbocycles. The van der Waals surface area contributed by atoms with Gasteiger partial charge in [-0.15, -0.1) is 0 Å². The zero-order valence-electron chi connectivity index (χ0n) is 15.7. The van der Waals surface area contributed by atoms with Crippen molar-refractivity contribution in [3.05, 3.63) is 96.3 Å². The Morgan fingerprint density at radius 3 is 2.40 bits per heavy atom. The summed E-state index contributed by atoms with van der Waals surface area (Å²) in [5, 5.41) is 9.05. The molecular formula is C23H18ClO5S. The van der Waals surface area contributed by atoms with Crippen molar-refractivity contribution in [3.63, 3.8) is 0 Å². The first-order valence-electron chi connectivity index (χ1n) is 9.53. The molecule has 3 aliphatic rings.